The summed E-state index contributed by atoms with van der Waals surface area (Å²) < 4.78 is 15.5. The third kappa shape index (κ3) is 3.18. The summed E-state index contributed by atoms with van der Waals surface area (Å²) in [6.07, 6.45) is -0.692. The number of rotatable bonds is 4. The van der Waals surface area contributed by atoms with Crippen LogP contribution in [0.5, 0.6) is 11.5 Å². The van der Waals surface area contributed by atoms with Crippen molar-refractivity contribution in [2.75, 3.05) is 20.8 Å². The predicted octanol–water partition coefficient (Wildman–Crippen LogP) is 3.85. The zero-order valence-corrected chi connectivity index (χ0v) is 18.5. The van der Waals surface area contributed by atoms with Crippen LogP contribution in [-0.2, 0) is 13.2 Å². The van der Waals surface area contributed by atoms with E-state index in [1.165, 1.54) is 0 Å². The van der Waals surface area contributed by atoms with Gasteiger partial charge in [-0.1, -0.05) is 18.2 Å². The van der Waals surface area contributed by atoms with E-state index in [-0.39, 0.29) is 0 Å². The largest absolute Gasteiger partial charge is 0.496 e. The Morgan fingerprint density at radius 3 is 2.65 bits per heavy atom. The molecular weight excluding hydrogens is 412 g/mol. The van der Waals surface area contributed by atoms with Gasteiger partial charge in [-0.3, -0.25) is 9.30 Å². The third-order valence-electron chi connectivity index (χ3n) is 5.97. The molecule has 0 saturated carbocycles. The molecule has 0 saturated heterocycles. The topological polar surface area (TPSA) is 64.2 Å². The lowest BCUT2D eigenvalue weighted by Crippen LogP contribution is -2.36. The van der Waals surface area contributed by atoms with Crippen LogP contribution < -0.4 is 9.47 Å². The van der Waals surface area contributed by atoms with Gasteiger partial charge < -0.3 is 14.6 Å². The normalized spacial score (nSPS) is 16.6. The summed E-state index contributed by atoms with van der Waals surface area (Å²) in [5.74, 6) is 1.41. The van der Waals surface area contributed by atoms with E-state index in [4.69, 9.17) is 26.8 Å². The van der Waals surface area contributed by atoms with E-state index < -0.39 is 6.10 Å². The van der Waals surface area contributed by atoms with Crippen LogP contribution in [0.15, 0.2) is 42.5 Å². The molecule has 2 aromatic carbocycles. The summed E-state index contributed by atoms with van der Waals surface area (Å²) in [5, 5.41) is 16.8. The van der Waals surface area contributed by atoms with E-state index in [9.17, 15) is 5.11 Å². The van der Waals surface area contributed by atoms with Crippen molar-refractivity contribution in [2.24, 2.45) is 0 Å². The van der Waals surface area contributed by atoms with Crippen molar-refractivity contribution in [2.45, 2.75) is 26.2 Å². The Morgan fingerprint density at radius 2 is 1.87 bits per heavy atom. The van der Waals surface area contributed by atoms with Crippen LogP contribution in [0.3, 0.4) is 0 Å². The number of aliphatic hydroxyl groups is 1. The summed E-state index contributed by atoms with van der Waals surface area (Å²) in [6, 6.07) is 14.0. The maximum atomic E-state index is 10.9. The minimum atomic E-state index is -0.692. The number of aryl methyl sites for hydroxylation is 1. The van der Waals surface area contributed by atoms with Crippen LogP contribution in [0.25, 0.3) is 16.6 Å². The zero-order chi connectivity index (χ0) is 21.7. The van der Waals surface area contributed by atoms with Crippen LogP contribution in [0, 0.1) is 11.7 Å². The molecule has 1 atom stereocenters. The molecule has 160 valence electrons. The number of methoxy groups -OCH3 is 2. The van der Waals surface area contributed by atoms with E-state index >= 15 is 0 Å². The van der Waals surface area contributed by atoms with E-state index in [0.717, 1.165) is 39.0 Å². The highest BCUT2D eigenvalue weighted by atomic mass is 32.1. The first-order chi connectivity index (χ1) is 15.0. The van der Waals surface area contributed by atoms with Crippen molar-refractivity contribution in [3.63, 3.8) is 0 Å². The molecule has 0 fully saturated rings. The molecule has 1 aliphatic heterocycles. The van der Waals surface area contributed by atoms with Gasteiger partial charge in [0.15, 0.2) is 5.65 Å². The maximum absolute atomic E-state index is 10.9. The average Bonchev–Trinajstić information content (AvgIpc) is 3.08. The van der Waals surface area contributed by atoms with Crippen LogP contribution in [-0.4, -0.2) is 45.0 Å². The number of β-amino-alcohol motifs (C(OH)–C–C–N with tert-alkyl or cyclic N) is 1. The molecule has 3 heterocycles. The first kappa shape index (κ1) is 20.0. The number of pyridine rings is 1. The van der Waals surface area contributed by atoms with Gasteiger partial charge in [0.25, 0.3) is 0 Å². The highest BCUT2D eigenvalue weighted by molar-refractivity contribution is 7.71. The summed E-state index contributed by atoms with van der Waals surface area (Å²) in [7, 11) is 3.25. The second-order valence-electron chi connectivity index (χ2n) is 7.85. The number of ether oxygens (including phenoxy) is 2. The smallest absolute Gasteiger partial charge is 0.204 e. The summed E-state index contributed by atoms with van der Waals surface area (Å²) in [6.45, 7) is 3.60. The summed E-state index contributed by atoms with van der Waals surface area (Å²) in [4.78, 5) is 2.12. The van der Waals surface area contributed by atoms with Crippen molar-refractivity contribution >= 4 is 28.8 Å². The molecule has 0 amide bonds. The number of benzene rings is 2. The fraction of sp³-hybridized carbons (Fsp3) is 0.304. The zero-order valence-electron chi connectivity index (χ0n) is 17.7. The van der Waals surface area contributed by atoms with Crippen molar-refractivity contribution in [1.29, 1.82) is 0 Å². The highest BCUT2D eigenvalue weighted by Gasteiger charge is 2.30. The van der Waals surface area contributed by atoms with Gasteiger partial charge in [-0.2, -0.15) is 5.10 Å². The van der Waals surface area contributed by atoms with Gasteiger partial charge in [0.1, 0.15) is 11.5 Å². The van der Waals surface area contributed by atoms with Gasteiger partial charge in [0.2, 0.25) is 4.77 Å². The van der Waals surface area contributed by atoms with Gasteiger partial charge >= 0.3 is 0 Å². The molecular formula is C23H24N4O3S. The van der Waals surface area contributed by atoms with Crippen LogP contribution in [0.2, 0.25) is 0 Å². The van der Waals surface area contributed by atoms with Gasteiger partial charge in [0.05, 0.1) is 32.5 Å². The number of hydrogen-bond acceptors (Lipinski definition) is 6. The Labute approximate surface area is 185 Å². The van der Waals surface area contributed by atoms with E-state index in [2.05, 4.69) is 30.0 Å². The fourth-order valence-corrected chi connectivity index (χ4v) is 4.84. The Bertz CT molecular complexity index is 1360. The van der Waals surface area contributed by atoms with E-state index in [1.807, 2.05) is 33.3 Å². The molecule has 1 unspecified atom stereocenters. The Balaban J connectivity index is 1.55. The predicted molar refractivity (Wildman–Crippen MR) is 121 cm³/mol. The molecule has 2 aromatic heterocycles. The molecule has 0 bridgehead atoms. The lowest BCUT2D eigenvalue weighted by atomic mass is 9.95. The molecule has 31 heavy (non-hydrogen) atoms. The van der Waals surface area contributed by atoms with Gasteiger partial charge in [-0.25, -0.2) is 4.68 Å². The first-order valence-electron chi connectivity index (χ1n) is 10.1. The van der Waals surface area contributed by atoms with Crippen molar-refractivity contribution in [3.05, 3.63) is 63.9 Å². The molecule has 0 aliphatic carbocycles. The summed E-state index contributed by atoms with van der Waals surface area (Å²) in [5.41, 5.74) is 4.74. The number of fused-ring (bicyclic) bond motifs is 4. The highest BCUT2D eigenvalue weighted by Crippen LogP contribution is 2.39. The molecule has 1 aliphatic rings. The van der Waals surface area contributed by atoms with Gasteiger partial charge in [0, 0.05) is 29.6 Å². The second-order valence-corrected chi connectivity index (χ2v) is 8.22. The number of aromatic nitrogens is 3. The standard InChI is InChI=1S/C23H24N4O3S/c1-14-10-21-24-26(23(31)27(21)17-7-5-4-6-15(14)17)13-25-11-16-19(29-2)8-9-20(30-3)22(16)18(28)12-25/h4-10,18,28H,11-13H2,1-3H3. The fourth-order valence-electron chi connectivity index (χ4n) is 4.55. The van der Waals surface area contributed by atoms with Crippen LogP contribution in [0.4, 0.5) is 0 Å². The lowest BCUT2D eigenvalue weighted by molar-refractivity contribution is 0.0671. The quantitative estimate of drug-likeness (QED) is 0.490. The second kappa shape index (κ2) is 7.64. The molecule has 5 rings (SSSR count). The molecule has 0 radical (unpaired) electrons. The maximum Gasteiger partial charge on any atom is 0.204 e. The molecule has 0 spiro atoms. The monoisotopic (exact) mass is 436 g/mol. The number of para-hydroxylation sites is 1. The molecule has 7 nitrogen and oxygen atoms in total. The minimum absolute atomic E-state index is 0.450. The van der Waals surface area contributed by atoms with Crippen LogP contribution in [0.1, 0.15) is 22.8 Å². The number of hydrogen-bond donors (Lipinski definition) is 1. The Hall–Kier alpha value is -2.94. The molecule has 8 heteroatoms. The minimum Gasteiger partial charge on any atom is -0.496 e. The SMILES string of the molecule is COc1ccc(OC)c2c1CN(Cn1nc3cc(C)c4ccccc4n3c1=S)CC2O. The molecule has 4 aromatic rings. The van der Waals surface area contributed by atoms with Crippen molar-refractivity contribution in [1.82, 2.24) is 19.1 Å². The van der Waals surface area contributed by atoms with Gasteiger partial charge in [-0.05, 0) is 49.0 Å². The van der Waals surface area contributed by atoms with Crippen molar-refractivity contribution < 1.29 is 14.6 Å². The Morgan fingerprint density at radius 1 is 1.13 bits per heavy atom. The first-order valence-corrected chi connectivity index (χ1v) is 10.5. The molecule has 1 N–H and O–H groups in total. The number of aliphatic hydroxyl groups excluding tert-OH is 1. The van der Waals surface area contributed by atoms with Crippen LogP contribution >= 0.6 is 12.2 Å². The average molecular weight is 437 g/mol. The summed E-state index contributed by atoms with van der Waals surface area (Å²) >= 11 is 5.79. The van der Waals surface area contributed by atoms with Gasteiger partial charge in [-0.15, -0.1) is 0 Å². The van der Waals surface area contributed by atoms with Crippen molar-refractivity contribution in [3.8, 4) is 11.5 Å². The Kier molecular flexibility index (Phi) is 4.92. The number of nitrogens with zero attached hydrogens (tertiary/aromatic N) is 4. The van der Waals surface area contributed by atoms with E-state index in [1.54, 1.807) is 14.2 Å². The lowest BCUT2D eigenvalue weighted by Gasteiger charge is -2.33. The van der Waals surface area contributed by atoms with E-state index in [0.29, 0.717) is 30.3 Å². The third-order valence-corrected chi connectivity index (χ3v) is 6.37.